The number of carbonyl (C=O) groups is 1. The van der Waals surface area contributed by atoms with Gasteiger partial charge < -0.3 is 5.32 Å². The van der Waals surface area contributed by atoms with Gasteiger partial charge in [-0.1, -0.05) is 6.07 Å². The number of aromatic nitrogens is 1. The van der Waals surface area contributed by atoms with Gasteiger partial charge in [-0.3, -0.25) is 19.9 Å². The predicted octanol–water partition coefficient (Wildman–Crippen LogP) is 2.51. The third-order valence-electron chi connectivity index (χ3n) is 2.70. The zero-order valence-corrected chi connectivity index (χ0v) is 10.2. The summed E-state index contributed by atoms with van der Waals surface area (Å²) in [6.45, 7) is 0. The van der Waals surface area contributed by atoms with E-state index in [2.05, 4.69) is 10.3 Å². The SMILES string of the molecule is CNc1ccc(-c2ccnc(C=O)c2)cc1[N+](=O)[O-]. The number of hydrogen-bond acceptors (Lipinski definition) is 5. The van der Waals surface area contributed by atoms with Gasteiger partial charge in [0.1, 0.15) is 11.4 Å². The summed E-state index contributed by atoms with van der Waals surface area (Å²) >= 11 is 0. The normalized spacial score (nSPS) is 9.95. The first-order valence-electron chi connectivity index (χ1n) is 5.53. The van der Waals surface area contributed by atoms with E-state index in [1.807, 2.05) is 0 Å². The number of carbonyl (C=O) groups excluding carboxylic acids is 1. The van der Waals surface area contributed by atoms with Crippen molar-refractivity contribution in [3.05, 3.63) is 52.3 Å². The van der Waals surface area contributed by atoms with Gasteiger partial charge in [0.15, 0.2) is 6.29 Å². The molecular weight excluding hydrogens is 246 g/mol. The van der Waals surface area contributed by atoms with Crippen molar-refractivity contribution in [2.75, 3.05) is 12.4 Å². The van der Waals surface area contributed by atoms with E-state index in [1.165, 1.54) is 12.3 Å². The largest absolute Gasteiger partial charge is 0.383 e. The van der Waals surface area contributed by atoms with Crippen LogP contribution in [-0.2, 0) is 0 Å². The molecule has 19 heavy (non-hydrogen) atoms. The Morgan fingerprint density at radius 1 is 1.26 bits per heavy atom. The molecule has 0 amide bonds. The molecule has 2 rings (SSSR count). The summed E-state index contributed by atoms with van der Waals surface area (Å²) in [5, 5.41) is 13.8. The van der Waals surface area contributed by atoms with Crippen molar-refractivity contribution in [1.82, 2.24) is 4.98 Å². The van der Waals surface area contributed by atoms with E-state index in [0.717, 1.165) is 0 Å². The van der Waals surface area contributed by atoms with E-state index in [0.29, 0.717) is 23.1 Å². The van der Waals surface area contributed by atoms with Crippen LogP contribution in [0.4, 0.5) is 11.4 Å². The summed E-state index contributed by atoms with van der Waals surface area (Å²) in [5.41, 5.74) is 2.10. The second kappa shape index (κ2) is 5.26. The molecule has 0 bridgehead atoms. The number of hydrogen-bond donors (Lipinski definition) is 1. The van der Waals surface area contributed by atoms with Crippen LogP contribution >= 0.6 is 0 Å². The summed E-state index contributed by atoms with van der Waals surface area (Å²) in [5.74, 6) is 0. The first-order valence-corrected chi connectivity index (χ1v) is 5.53. The summed E-state index contributed by atoms with van der Waals surface area (Å²) < 4.78 is 0. The smallest absolute Gasteiger partial charge is 0.292 e. The minimum atomic E-state index is -0.447. The first kappa shape index (κ1) is 12.7. The average Bonchev–Trinajstić information content (AvgIpc) is 2.46. The Morgan fingerprint density at radius 3 is 2.63 bits per heavy atom. The first-order chi connectivity index (χ1) is 9.15. The average molecular weight is 257 g/mol. The molecule has 1 aromatic heterocycles. The monoisotopic (exact) mass is 257 g/mol. The quantitative estimate of drug-likeness (QED) is 0.516. The summed E-state index contributed by atoms with van der Waals surface area (Å²) in [4.78, 5) is 25.1. The third kappa shape index (κ3) is 2.57. The highest BCUT2D eigenvalue weighted by molar-refractivity contribution is 5.78. The molecule has 0 saturated carbocycles. The van der Waals surface area contributed by atoms with Crippen LogP contribution < -0.4 is 5.32 Å². The van der Waals surface area contributed by atoms with E-state index in [1.54, 1.807) is 31.3 Å². The number of nitro groups is 1. The maximum Gasteiger partial charge on any atom is 0.292 e. The maximum atomic E-state index is 11.0. The van der Waals surface area contributed by atoms with E-state index in [9.17, 15) is 14.9 Å². The number of aldehydes is 1. The van der Waals surface area contributed by atoms with Crippen LogP contribution in [0.2, 0.25) is 0 Å². The van der Waals surface area contributed by atoms with Crippen LogP contribution in [0.3, 0.4) is 0 Å². The fraction of sp³-hybridized carbons (Fsp3) is 0.0769. The van der Waals surface area contributed by atoms with Gasteiger partial charge in [-0.2, -0.15) is 0 Å². The highest BCUT2D eigenvalue weighted by atomic mass is 16.6. The highest BCUT2D eigenvalue weighted by Gasteiger charge is 2.14. The second-order valence-corrected chi connectivity index (χ2v) is 3.83. The predicted molar refractivity (Wildman–Crippen MR) is 71.3 cm³/mol. The number of nitrogens with one attached hydrogen (secondary N) is 1. The minimum Gasteiger partial charge on any atom is -0.383 e. The Bertz CT molecular complexity index is 641. The van der Waals surface area contributed by atoms with Gasteiger partial charge in [-0.25, -0.2) is 0 Å². The summed E-state index contributed by atoms with van der Waals surface area (Å²) in [7, 11) is 1.62. The van der Waals surface area contributed by atoms with Gasteiger partial charge in [0, 0.05) is 19.3 Å². The molecule has 0 aliphatic rings. The van der Waals surface area contributed by atoms with E-state index >= 15 is 0 Å². The maximum absolute atomic E-state index is 11.0. The van der Waals surface area contributed by atoms with Crippen molar-refractivity contribution in [2.24, 2.45) is 0 Å². The van der Waals surface area contributed by atoms with Crippen LogP contribution in [0.15, 0.2) is 36.5 Å². The molecule has 6 heteroatoms. The molecule has 0 spiro atoms. The molecule has 96 valence electrons. The van der Waals surface area contributed by atoms with Gasteiger partial charge in [0.25, 0.3) is 5.69 Å². The number of benzene rings is 1. The van der Waals surface area contributed by atoms with Crippen LogP contribution in [0, 0.1) is 10.1 Å². The molecule has 1 heterocycles. The number of nitrogens with zero attached hydrogens (tertiary/aromatic N) is 2. The van der Waals surface area contributed by atoms with Gasteiger partial charge in [-0.15, -0.1) is 0 Å². The van der Waals surface area contributed by atoms with Crippen molar-refractivity contribution in [1.29, 1.82) is 0 Å². The van der Waals surface area contributed by atoms with E-state index in [4.69, 9.17) is 0 Å². The molecule has 0 atom stereocenters. The lowest BCUT2D eigenvalue weighted by Crippen LogP contribution is -1.97. The van der Waals surface area contributed by atoms with Gasteiger partial charge in [-0.05, 0) is 29.3 Å². The Balaban J connectivity index is 2.53. The van der Waals surface area contributed by atoms with E-state index < -0.39 is 4.92 Å². The molecule has 0 saturated heterocycles. The summed E-state index contributed by atoms with van der Waals surface area (Å²) in [6.07, 6.45) is 2.14. The summed E-state index contributed by atoms with van der Waals surface area (Å²) in [6, 6.07) is 8.14. The lowest BCUT2D eigenvalue weighted by Gasteiger charge is -2.06. The lowest BCUT2D eigenvalue weighted by atomic mass is 10.0. The zero-order chi connectivity index (χ0) is 13.8. The van der Waals surface area contributed by atoms with E-state index in [-0.39, 0.29) is 11.4 Å². The van der Waals surface area contributed by atoms with Crippen molar-refractivity contribution < 1.29 is 9.72 Å². The molecule has 0 aliphatic carbocycles. The number of nitro benzene ring substituents is 1. The van der Waals surface area contributed by atoms with Crippen LogP contribution in [0.25, 0.3) is 11.1 Å². The Kier molecular flexibility index (Phi) is 3.51. The second-order valence-electron chi connectivity index (χ2n) is 3.83. The molecule has 0 fully saturated rings. The highest BCUT2D eigenvalue weighted by Crippen LogP contribution is 2.30. The van der Waals surface area contributed by atoms with Gasteiger partial charge in [0.05, 0.1) is 4.92 Å². The Morgan fingerprint density at radius 2 is 2.00 bits per heavy atom. The topological polar surface area (TPSA) is 85.1 Å². The molecule has 2 aromatic rings. The molecule has 0 unspecified atom stereocenters. The number of anilines is 1. The fourth-order valence-electron chi connectivity index (χ4n) is 1.77. The fourth-order valence-corrected chi connectivity index (χ4v) is 1.77. The van der Waals surface area contributed by atoms with Crippen LogP contribution in [0.1, 0.15) is 10.5 Å². The van der Waals surface area contributed by atoms with Gasteiger partial charge in [0.2, 0.25) is 0 Å². The molecule has 1 N–H and O–H groups in total. The minimum absolute atomic E-state index is 0.00975. The van der Waals surface area contributed by atoms with Crippen molar-refractivity contribution in [3.8, 4) is 11.1 Å². The number of rotatable bonds is 4. The molecular formula is C13H11N3O3. The zero-order valence-electron chi connectivity index (χ0n) is 10.2. The van der Waals surface area contributed by atoms with Crippen molar-refractivity contribution in [3.63, 3.8) is 0 Å². The molecule has 0 aliphatic heterocycles. The van der Waals surface area contributed by atoms with Gasteiger partial charge >= 0.3 is 0 Å². The van der Waals surface area contributed by atoms with Crippen molar-refractivity contribution in [2.45, 2.75) is 0 Å². The third-order valence-corrected chi connectivity index (χ3v) is 2.70. The number of pyridine rings is 1. The Labute approximate surface area is 109 Å². The molecule has 1 aromatic carbocycles. The Hall–Kier alpha value is -2.76. The molecule has 0 radical (unpaired) electrons. The van der Waals surface area contributed by atoms with Crippen LogP contribution in [-0.4, -0.2) is 23.2 Å². The van der Waals surface area contributed by atoms with Crippen LogP contribution in [0.5, 0.6) is 0 Å². The standard InChI is InChI=1S/C13H11N3O3/c1-14-12-3-2-9(7-13(12)16(18)19)10-4-5-15-11(6-10)8-17/h2-8,14H,1H3. The lowest BCUT2D eigenvalue weighted by molar-refractivity contribution is -0.383. The van der Waals surface area contributed by atoms with Crippen molar-refractivity contribution >= 4 is 17.7 Å². The molecule has 6 nitrogen and oxygen atoms in total.